The minimum absolute atomic E-state index is 0.456. The second kappa shape index (κ2) is 7.44. The second-order valence-electron chi connectivity index (χ2n) is 11.2. The molecule has 0 radical (unpaired) electrons. The number of aryl methyl sites for hydroxylation is 2. The van der Waals surface area contributed by atoms with Gasteiger partial charge in [0.2, 0.25) is 5.69 Å². The summed E-state index contributed by atoms with van der Waals surface area (Å²) in [5, 5.41) is 9.86. The summed E-state index contributed by atoms with van der Waals surface area (Å²) in [7, 11) is 0.815. The zero-order valence-electron chi connectivity index (χ0n) is 21.2. The van der Waals surface area contributed by atoms with Crippen molar-refractivity contribution in [2.45, 2.75) is 56.1 Å². The number of nitrogens with zero attached hydrogens (tertiary/aromatic N) is 1. The lowest BCUT2D eigenvalue weighted by molar-refractivity contribution is -0.659. The maximum absolute atomic E-state index is 2.48. The van der Waals surface area contributed by atoms with Crippen molar-refractivity contribution in [1.29, 1.82) is 0 Å². The molecule has 5 aromatic rings. The fourth-order valence-electron chi connectivity index (χ4n) is 5.78. The maximum atomic E-state index is 2.48. The van der Waals surface area contributed by atoms with Crippen LogP contribution in [0.5, 0.6) is 0 Å². The molecule has 0 fully saturated rings. The molecule has 0 N–H and O–H groups in total. The Kier molecular flexibility index (Phi) is 4.79. The first-order valence-corrected chi connectivity index (χ1v) is 16.6. The molecule has 0 saturated carbocycles. The van der Waals surface area contributed by atoms with E-state index < -0.39 is 8.07 Å². The third-order valence-corrected chi connectivity index (χ3v) is 10.8. The molecular formula is C31H32NSSi+. The first kappa shape index (κ1) is 21.9. The van der Waals surface area contributed by atoms with Gasteiger partial charge in [0.05, 0.1) is 19.0 Å². The van der Waals surface area contributed by atoms with E-state index in [0.717, 1.165) is 0 Å². The fraction of sp³-hybridized carbons (Fsp3) is 0.258. The van der Waals surface area contributed by atoms with Gasteiger partial charge in [-0.2, -0.15) is 0 Å². The smallest absolute Gasteiger partial charge is 0.200 e. The summed E-state index contributed by atoms with van der Waals surface area (Å²) in [6.45, 7) is 14.3. The average molecular weight is 479 g/mol. The van der Waals surface area contributed by atoms with Crippen molar-refractivity contribution < 1.29 is 4.57 Å². The molecule has 0 unspecified atom stereocenters. The van der Waals surface area contributed by atoms with Crippen LogP contribution in [0.25, 0.3) is 43.6 Å². The molecule has 2 heterocycles. The Morgan fingerprint density at radius 2 is 1.59 bits per heavy atom. The number of hydrogen-bond donors (Lipinski definition) is 0. The Hall–Kier alpha value is -2.62. The largest absolute Gasteiger partial charge is 0.222 e. The van der Waals surface area contributed by atoms with Gasteiger partial charge in [-0.05, 0) is 51.6 Å². The highest BCUT2D eigenvalue weighted by atomic mass is 32.2. The Morgan fingerprint density at radius 1 is 0.853 bits per heavy atom. The molecular weight excluding hydrogens is 447 g/mol. The molecule has 1 aromatic heterocycles. The number of rotatable bonds is 2. The van der Waals surface area contributed by atoms with Gasteiger partial charge in [0.1, 0.15) is 7.05 Å². The lowest BCUT2D eigenvalue weighted by Gasteiger charge is -2.26. The van der Waals surface area contributed by atoms with Crippen molar-refractivity contribution in [2.75, 3.05) is 0 Å². The minimum atomic E-state index is -1.40. The van der Waals surface area contributed by atoms with Crippen LogP contribution in [0.2, 0.25) is 19.6 Å². The number of fused-ring (bicyclic) bond motifs is 5. The zero-order chi connectivity index (χ0) is 23.9. The van der Waals surface area contributed by atoms with Crippen molar-refractivity contribution in [2.24, 2.45) is 7.05 Å². The maximum Gasteiger partial charge on any atom is 0.222 e. The fourth-order valence-corrected chi connectivity index (χ4v) is 8.46. The second-order valence-corrected chi connectivity index (χ2v) is 17.3. The minimum Gasteiger partial charge on any atom is -0.200 e. The van der Waals surface area contributed by atoms with Crippen LogP contribution in [-0.2, 0) is 7.05 Å². The van der Waals surface area contributed by atoms with Crippen molar-refractivity contribution in [3.05, 3.63) is 71.9 Å². The number of benzene rings is 4. The van der Waals surface area contributed by atoms with Crippen molar-refractivity contribution in [3.63, 3.8) is 0 Å². The zero-order valence-corrected chi connectivity index (χ0v) is 23.0. The molecule has 6 rings (SSSR count). The molecule has 1 aliphatic heterocycles. The molecule has 0 saturated heterocycles. The van der Waals surface area contributed by atoms with E-state index in [9.17, 15) is 0 Å². The predicted molar refractivity (Wildman–Crippen MR) is 152 cm³/mol. The average Bonchev–Trinajstić information content (AvgIpc) is 2.79. The van der Waals surface area contributed by atoms with Crippen molar-refractivity contribution >= 4 is 57.3 Å². The monoisotopic (exact) mass is 478 g/mol. The summed E-state index contributed by atoms with van der Waals surface area (Å²) < 4.78 is 2.35. The quantitative estimate of drug-likeness (QED) is 0.138. The highest BCUT2D eigenvalue weighted by molar-refractivity contribution is 8.00. The van der Waals surface area contributed by atoms with Gasteiger partial charge in [0, 0.05) is 21.2 Å². The summed E-state index contributed by atoms with van der Waals surface area (Å²) in [4.78, 5) is 2.83. The molecule has 4 aromatic carbocycles. The first-order valence-electron chi connectivity index (χ1n) is 12.3. The molecule has 1 aliphatic rings. The van der Waals surface area contributed by atoms with E-state index in [4.69, 9.17) is 0 Å². The van der Waals surface area contributed by atoms with Gasteiger partial charge in [0.25, 0.3) is 0 Å². The van der Waals surface area contributed by atoms with E-state index in [1.165, 1.54) is 69.7 Å². The van der Waals surface area contributed by atoms with Gasteiger partial charge < -0.3 is 0 Å². The Bertz CT molecular complexity index is 1660. The lowest BCUT2D eigenvalue weighted by atomic mass is 9.87. The van der Waals surface area contributed by atoms with Crippen molar-refractivity contribution in [1.82, 2.24) is 0 Å². The highest BCUT2D eigenvalue weighted by Crippen LogP contribution is 2.53. The van der Waals surface area contributed by atoms with Crippen LogP contribution in [0.3, 0.4) is 0 Å². The van der Waals surface area contributed by atoms with Crippen LogP contribution >= 0.6 is 11.8 Å². The standard InChI is InChI=1S/C31H32NSSi/c1-18(2)27-23-11-9-8-10-22(23)19(3)28-30-29-24(14-15-32(30)4)25-17-21(34(5,6)7)13-12-20(25)16-26(29)33-31(27)28/h8-18H,1-7H3/q+1. The number of pyridine rings is 1. The Morgan fingerprint density at radius 3 is 2.29 bits per heavy atom. The van der Waals surface area contributed by atoms with Crippen LogP contribution in [0.4, 0.5) is 0 Å². The summed E-state index contributed by atoms with van der Waals surface area (Å²) in [5.74, 6) is 0.456. The van der Waals surface area contributed by atoms with E-state index in [2.05, 4.69) is 113 Å². The number of hydrogen-bond acceptors (Lipinski definition) is 1. The van der Waals surface area contributed by atoms with Crippen LogP contribution in [0.15, 0.2) is 70.6 Å². The summed E-state index contributed by atoms with van der Waals surface area (Å²) >= 11 is 1.99. The van der Waals surface area contributed by atoms with Gasteiger partial charge >= 0.3 is 0 Å². The van der Waals surface area contributed by atoms with Crippen LogP contribution in [0, 0.1) is 6.92 Å². The summed E-state index contributed by atoms with van der Waals surface area (Å²) in [6.07, 6.45) is 2.27. The van der Waals surface area contributed by atoms with Crippen LogP contribution in [0.1, 0.15) is 30.9 Å². The topological polar surface area (TPSA) is 3.88 Å². The molecule has 1 nitrogen and oxygen atoms in total. The molecule has 170 valence electrons. The Balaban J connectivity index is 1.81. The van der Waals surface area contributed by atoms with E-state index in [1.807, 2.05) is 11.8 Å². The Labute approximate surface area is 207 Å². The van der Waals surface area contributed by atoms with Crippen molar-refractivity contribution in [3.8, 4) is 11.3 Å². The normalized spacial score (nSPS) is 13.3. The van der Waals surface area contributed by atoms with Gasteiger partial charge in [0.15, 0.2) is 6.20 Å². The molecule has 3 heteroatoms. The van der Waals surface area contributed by atoms with E-state index in [1.54, 1.807) is 0 Å². The van der Waals surface area contributed by atoms with E-state index in [0.29, 0.717) is 5.92 Å². The third kappa shape index (κ3) is 3.03. The van der Waals surface area contributed by atoms with E-state index in [-0.39, 0.29) is 0 Å². The molecule has 0 amide bonds. The van der Waals surface area contributed by atoms with Crippen LogP contribution in [-0.4, -0.2) is 8.07 Å². The van der Waals surface area contributed by atoms with Gasteiger partial charge in [-0.25, -0.2) is 4.57 Å². The van der Waals surface area contributed by atoms with Gasteiger partial charge in [-0.1, -0.05) is 92.9 Å². The molecule has 34 heavy (non-hydrogen) atoms. The molecule has 0 bridgehead atoms. The SMILES string of the molecule is Cc1c2c(c(C(C)C)c3ccccc13)Sc1cc3ccc([Si](C)(C)C)cc3c3cc[n+](C)c-2c13. The van der Waals surface area contributed by atoms with Crippen LogP contribution < -0.4 is 9.75 Å². The van der Waals surface area contributed by atoms with Gasteiger partial charge in [-0.3, -0.25) is 0 Å². The third-order valence-electron chi connectivity index (χ3n) is 7.56. The predicted octanol–water partition coefficient (Wildman–Crippen LogP) is 8.08. The van der Waals surface area contributed by atoms with E-state index >= 15 is 0 Å². The number of aromatic nitrogens is 1. The first-order chi connectivity index (χ1) is 16.2. The summed E-state index contributed by atoms with van der Waals surface area (Å²) in [5.41, 5.74) is 5.67. The lowest BCUT2D eigenvalue weighted by Crippen LogP contribution is -2.37. The molecule has 0 atom stereocenters. The molecule has 0 spiro atoms. The summed E-state index contributed by atoms with van der Waals surface area (Å²) in [6, 6.07) is 21.0. The van der Waals surface area contributed by atoms with Gasteiger partial charge in [-0.15, -0.1) is 0 Å². The molecule has 0 aliphatic carbocycles. The highest BCUT2D eigenvalue weighted by Gasteiger charge is 2.33.